The molecule has 6 nitrogen and oxygen atoms in total. The molecule has 0 atom stereocenters. The molecule has 4 rings (SSSR count). The number of nitrogens with one attached hydrogen (secondary N) is 1. The van der Waals surface area contributed by atoms with Crippen LogP contribution in [0, 0.1) is 0 Å². The molecule has 2 aromatic heterocycles. The van der Waals surface area contributed by atoms with Gasteiger partial charge in [-0.2, -0.15) is 21.6 Å². The lowest BCUT2D eigenvalue weighted by molar-refractivity contribution is -0.137. The van der Waals surface area contributed by atoms with Crippen LogP contribution in [0.4, 0.5) is 18.9 Å². The zero-order valence-corrected chi connectivity index (χ0v) is 16.5. The van der Waals surface area contributed by atoms with Crippen molar-refractivity contribution in [1.82, 2.24) is 14.5 Å². The molecule has 1 N–H and O–H groups in total. The van der Waals surface area contributed by atoms with E-state index >= 15 is 0 Å². The van der Waals surface area contributed by atoms with Crippen molar-refractivity contribution in [2.75, 3.05) is 4.72 Å². The van der Waals surface area contributed by atoms with Gasteiger partial charge in [0.25, 0.3) is 10.0 Å². The van der Waals surface area contributed by atoms with Crippen molar-refractivity contribution >= 4 is 38.1 Å². The molecule has 0 saturated carbocycles. The Kier molecular flexibility index (Phi) is 4.91. The lowest BCUT2D eigenvalue weighted by atomic mass is 10.1. The Morgan fingerprint density at radius 1 is 1.00 bits per heavy atom. The summed E-state index contributed by atoms with van der Waals surface area (Å²) in [6, 6.07) is 13.1. The summed E-state index contributed by atoms with van der Waals surface area (Å²) in [6.07, 6.45) is -1.89. The Morgan fingerprint density at radius 2 is 1.73 bits per heavy atom. The second-order valence-electron chi connectivity index (χ2n) is 6.30. The van der Waals surface area contributed by atoms with Gasteiger partial charge in [-0.25, -0.2) is 9.97 Å². The Hall–Kier alpha value is -3.11. The number of halogens is 4. The van der Waals surface area contributed by atoms with Crippen molar-refractivity contribution < 1.29 is 21.6 Å². The van der Waals surface area contributed by atoms with E-state index in [2.05, 4.69) is 14.7 Å². The molecule has 0 saturated heterocycles. The fourth-order valence-electron chi connectivity index (χ4n) is 2.86. The second kappa shape index (κ2) is 7.29. The predicted molar refractivity (Wildman–Crippen MR) is 106 cm³/mol. The summed E-state index contributed by atoms with van der Waals surface area (Å²) in [5.41, 5.74) is -0.733. The SMILES string of the molecule is O=S(=O)(Nc1ccc2ccccc2c1)c1cncn1-c1ncc(C(F)(F)F)cc1Cl. The van der Waals surface area contributed by atoms with E-state index in [9.17, 15) is 21.6 Å². The van der Waals surface area contributed by atoms with Crippen LogP contribution < -0.4 is 4.72 Å². The highest BCUT2D eigenvalue weighted by Gasteiger charge is 2.32. The van der Waals surface area contributed by atoms with Crippen LogP contribution in [0.1, 0.15) is 5.56 Å². The molecule has 11 heteroatoms. The summed E-state index contributed by atoms with van der Waals surface area (Å²) in [5.74, 6) is -0.193. The van der Waals surface area contributed by atoms with Crippen LogP contribution in [0.3, 0.4) is 0 Å². The number of rotatable bonds is 4. The third kappa shape index (κ3) is 3.83. The summed E-state index contributed by atoms with van der Waals surface area (Å²) in [5, 5.41) is 1.07. The molecule has 0 fully saturated rings. The molecule has 0 radical (unpaired) electrons. The molecular formula is C19H12ClF3N4O2S. The van der Waals surface area contributed by atoms with Gasteiger partial charge < -0.3 is 0 Å². The van der Waals surface area contributed by atoms with Crippen LogP contribution in [-0.2, 0) is 16.2 Å². The van der Waals surface area contributed by atoms with Crippen molar-refractivity contribution in [3.8, 4) is 5.82 Å². The van der Waals surface area contributed by atoms with Gasteiger partial charge in [0.15, 0.2) is 10.8 Å². The largest absolute Gasteiger partial charge is 0.417 e. The molecule has 0 aliphatic heterocycles. The third-order valence-electron chi connectivity index (χ3n) is 4.26. The topological polar surface area (TPSA) is 76.9 Å². The summed E-state index contributed by atoms with van der Waals surface area (Å²) in [7, 11) is -4.14. The van der Waals surface area contributed by atoms with Crippen LogP contribution >= 0.6 is 11.6 Å². The van der Waals surface area contributed by atoms with Crippen molar-refractivity contribution in [2.24, 2.45) is 0 Å². The van der Waals surface area contributed by atoms with Gasteiger partial charge >= 0.3 is 6.18 Å². The molecule has 0 aliphatic carbocycles. The van der Waals surface area contributed by atoms with Gasteiger partial charge in [-0.3, -0.25) is 9.29 Å². The molecule has 0 unspecified atom stereocenters. The predicted octanol–water partition coefficient (Wildman–Crippen LogP) is 4.89. The number of aromatic nitrogens is 3. The Balaban J connectivity index is 1.71. The lowest BCUT2D eigenvalue weighted by Gasteiger charge is -2.13. The number of hydrogen-bond acceptors (Lipinski definition) is 4. The summed E-state index contributed by atoms with van der Waals surface area (Å²) >= 11 is 5.95. The maximum Gasteiger partial charge on any atom is 0.417 e. The number of imidazole rings is 1. The zero-order valence-electron chi connectivity index (χ0n) is 14.9. The first-order valence-corrected chi connectivity index (χ1v) is 10.3. The van der Waals surface area contributed by atoms with Crippen molar-refractivity contribution in [3.05, 3.63) is 77.8 Å². The van der Waals surface area contributed by atoms with Crippen LogP contribution in [0.5, 0.6) is 0 Å². The van der Waals surface area contributed by atoms with Crippen LogP contribution in [0.15, 0.2) is 72.3 Å². The monoisotopic (exact) mass is 452 g/mol. The third-order valence-corrected chi connectivity index (χ3v) is 5.89. The Labute approximate surface area is 174 Å². The first kappa shape index (κ1) is 20.2. The highest BCUT2D eigenvalue weighted by Crippen LogP contribution is 2.32. The number of alkyl halides is 3. The smallest absolute Gasteiger partial charge is 0.278 e. The number of fused-ring (bicyclic) bond motifs is 1. The highest BCUT2D eigenvalue weighted by molar-refractivity contribution is 7.92. The number of anilines is 1. The fourth-order valence-corrected chi connectivity index (χ4v) is 4.26. The number of benzene rings is 2. The van der Waals surface area contributed by atoms with Crippen LogP contribution in [0.25, 0.3) is 16.6 Å². The second-order valence-corrected chi connectivity index (χ2v) is 8.33. The standard InChI is InChI=1S/C19H12ClF3N4O2S/c20-16-8-14(19(21,22)23)9-25-18(16)27-11-24-10-17(27)30(28,29)26-15-6-5-12-3-1-2-4-13(12)7-15/h1-11,26H. The molecule has 0 spiro atoms. The Bertz CT molecular complexity index is 1350. The van der Waals surface area contributed by atoms with Crippen LogP contribution in [0.2, 0.25) is 5.02 Å². The van der Waals surface area contributed by atoms with Crippen LogP contribution in [-0.4, -0.2) is 23.0 Å². The van der Waals surface area contributed by atoms with Gasteiger partial charge in [0.1, 0.15) is 6.33 Å². The molecule has 2 heterocycles. The van der Waals surface area contributed by atoms with Gasteiger partial charge in [0.2, 0.25) is 0 Å². The zero-order chi connectivity index (χ0) is 21.5. The van der Waals surface area contributed by atoms with E-state index in [1.165, 1.54) is 0 Å². The van der Waals surface area contributed by atoms with E-state index in [0.717, 1.165) is 27.9 Å². The molecule has 154 valence electrons. The summed E-state index contributed by atoms with van der Waals surface area (Å²) in [6.45, 7) is 0. The first-order chi connectivity index (χ1) is 14.1. The molecule has 0 bridgehead atoms. The molecular weight excluding hydrogens is 441 g/mol. The van der Waals surface area contributed by atoms with Crippen molar-refractivity contribution in [2.45, 2.75) is 11.2 Å². The first-order valence-electron chi connectivity index (χ1n) is 8.42. The van der Waals surface area contributed by atoms with Crippen molar-refractivity contribution in [3.63, 3.8) is 0 Å². The highest BCUT2D eigenvalue weighted by atomic mass is 35.5. The molecule has 4 aromatic rings. The van der Waals surface area contributed by atoms with E-state index in [1.807, 2.05) is 24.3 Å². The minimum Gasteiger partial charge on any atom is -0.278 e. The maximum atomic E-state index is 12.9. The molecule has 0 aliphatic rings. The van der Waals surface area contributed by atoms with Crippen molar-refractivity contribution in [1.29, 1.82) is 0 Å². The average molecular weight is 453 g/mol. The number of nitrogens with zero attached hydrogens (tertiary/aromatic N) is 3. The van der Waals surface area contributed by atoms with Gasteiger partial charge in [0.05, 0.1) is 16.8 Å². The number of sulfonamides is 1. The molecule has 0 amide bonds. The number of hydrogen-bond donors (Lipinski definition) is 1. The van der Waals surface area contributed by atoms with Gasteiger partial charge in [-0.05, 0) is 29.0 Å². The quantitative estimate of drug-likeness (QED) is 0.478. The Morgan fingerprint density at radius 3 is 2.43 bits per heavy atom. The van der Waals surface area contributed by atoms with Gasteiger partial charge in [-0.15, -0.1) is 0 Å². The van der Waals surface area contributed by atoms with E-state index < -0.39 is 21.8 Å². The average Bonchev–Trinajstić information content (AvgIpc) is 3.17. The maximum absolute atomic E-state index is 12.9. The van der Waals surface area contributed by atoms with Gasteiger partial charge in [0, 0.05) is 11.9 Å². The fraction of sp³-hybridized carbons (Fsp3) is 0.0526. The van der Waals surface area contributed by atoms with E-state index in [-0.39, 0.29) is 15.9 Å². The van der Waals surface area contributed by atoms with E-state index in [4.69, 9.17) is 11.6 Å². The lowest BCUT2D eigenvalue weighted by Crippen LogP contribution is -2.17. The summed E-state index contributed by atoms with van der Waals surface area (Å²) in [4.78, 5) is 7.48. The molecule has 30 heavy (non-hydrogen) atoms. The van der Waals surface area contributed by atoms with E-state index in [0.29, 0.717) is 18.0 Å². The minimum absolute atomic E-state index is 0.193. The normalized spacial score (nSPS) is 12.3. The number of pyridine rings is 1. The van der Waals surface area contributed by atoms with E-state index in [1.54, 1.807) is 18.2 Å². The molecule has 2 aromatic carbocycles. The summed E-state index contributed by atoms with van der Waals surface area (Å²) < 4.78 is 67.8. The minimum atomic E-state index is -4.63. The van der Waals surface area contributed by atoms with Gasteiger partial charge in [-0.1, -0.05) is 41.9 Å².